The highest BCUT2D eigenvalue weighted by molar-refractivity contribution is 6.30. The van der Waals surface area contributed by atoms with E-state index in [1.807, 2.05) is 0 Å². The summed E-state index contributed by atoms with van der Waals surface area (Å²) >= 11 is 5.85. The molecule has 0 heterocycles. The van der Waals surface area contributed by atoms with Crippen molar-refractivity contribution < 1.29 is 22.7 Å². The molecule has 0 aliphatic rings. The first-order valence-electron chi connectivity index (χ1n) is 4.92. The van der Waals surface area contributed by atoms with Crippen LogP contribution in [0.2, 0.25) is 0 Å². The van der Waals surface area contributed by atoms with Crippen LogP contribution in [-0.4, -0.2) is 31.3 Å². The zero-order chi connectivity index (χ0) is 13.9. The van der Waals surface area contributed by atoms with E-state index in [9.17, 15) is 18.0 Å². The Morgan fingerprint density at radius 3 is 2.39 bits per heavy atom. The summed E-state index contributed by atoms with van der Waals surface area (Å²) in [5, 5.41) is -1.22. The minimum Gasteiger partial charge on any atom is -0.405 e. The maximum atomic E-state index is 12.2. The Labute approximate surface area is 107 Å². The van der Waals surface area contributed by atoms with E-state index in [1.165, 1.54) is 37.2 Å². The van der Waals surface area contributed by atoms with E-state index in [0.717, 1.165) is 6.07 Å². The first-order valence-corrected chi connectivity index (χ1v) is 5.36. The quantitative estimate of drug-likeness (QED) is 0.797. The molecule has 1 unspecified atom stereocenters. The zero-order valence-electron chi connectivity index (χ0n) is 9.66. The van der Waals surface area contributed by atoms with Gasteiger partial charge in [0.15, 0.2) is 0 Å². The lowest BCUT2D eigenvalue weighted by atomic mass is 10.1. The molecule has 0 spiro atoms. The van der Waals surface area contributed by atoms with E-state index >= 15 is 0 Å². The van der Waals surface area contributed by atoms with Crippen LogP contribution in [0.4, 0.5) is 13.2 Å². The van der Waals surface area contributed by atoms with Gasteiger partial charge in [0.1, 0.15) is 11.1 Å². The summed E-state index contributed by atoms with van der Waals surface area (Å²) in [5.41, 5.74) is -0.0183. The monoisotopic (exact) mass is 281 g/mol. The molecule has 0 bridgehead atoms. The van der Waals surface area contributed by atoms with E-state index in [2.05, 4.69) is 4.74 Å². The lowest BCUT2D eigenvalue weighted by molar-refractivity contribution is -0.274. The van der Waals surface area contributed by atoms with E-state index in [0.29, 0.717) is 0 Å². The third-order valence-electron chi connectivity index (χ3n) is 2.08. The van der Waals surface area contributed by atoms with Crippen LogP contribution in [-0.2, 0) is 4.79 Å². The van der Waals surface area contributed by atoms with E-state index < -0.39 is 23.4 Å². The van der Waals surface area contributed by atoms with Gasteiger partial charge in [-0.3, -0.25) is 4.79 Å². The van der Waals surface area contributed by atoms with E-state index in [4.69, 9.17) is 11.6 Å². The van der Waals surface area contributed by atoms with Crippen LogP contribution >= 0.6 is 11.6 Å². The number of nitrogens with zero attached hydrogens (tertiary/aromatic N) is 1. The number of halogens is 4. The van der Waals surface area contributed by atoms with Gasteiger partial charge in [-0.1, -0.05) is 18.2 Å². The fourth-order valence-electron chi connectivity index (χ4n) is 1.27. The lowest BCUT2D eigenvalue weighted by Crippen LogP contribution is -2.26. The smallest absolute Gasteiger partial charge is 0.405 e. The van der Waals surface area contributed by atoms with Gasteiger partial charge in [-0.2, -0.15) is 0 Å². The summed E-state index contributed by atoms with van der Waals surface area (Å²) in [4.78, 5) is 12.8. The highest BCUT2D eigenvalue weighted by atomic mass is 35.5. The fraction of sp³-hybridized carbons (Fsp3) is 0.364. The number of benzene rings is 1. The molecule has 1 atom stereocenters. The molecule has 1 aromatic rings. The van der Waals surface area contributed by atoms with Crippen LogP contribution in [0.1, 0.15) is 10.9 Å². The second kappa shape index (κ2) is 5.48. The highest BCUT2D eigenvalue weighted by Gasteiger charge is 2.33. The Morgan fingerprint density at radius 1 is 1.33 bits per heavy atom. The summed E-state index contributed by atoms with van der Waals surface area (Å²) < 4.78 is 40.4. The maximum Gasteiger partial charge on any atom is 0.573 e. The number of amides is 1. The SMILES string of the molecule is CN(C)C(=O)C(Cl)c1ccccc1OC(F)(F)F. The molecular weight excluding hydrogens is 271 g/mol. The van der Waals surface area contributed by atoms with Crippen molar-refractivity contribution in [2.24, 2.45) is 0 Å². The number of carbonyl (C=O) groups is 1. The van der Waals surface area contributed by atoms with Crippen LogP contribution in [0.15, 0.2) is 24.3 Å². The molecule has 18 heavy (non-hydrogen) atoms. The molecule has 0 fully saturated rings. The topological polar surface area (TPSA) is 29.5 Å². The second-order valence-electron chi connectivity index (χ2n) is 3.68. The standard InChI is InChI=1S/C11H11ClF3NO2/c1-16(2)10(17)9(12)7-5-3-4-6-8(7)18-11(13,14)15/h3-6,9H,1-2H3. The van der Waals surface area contributed by atoms with Crippen molar-refractivity contribution in [2.45, 2.75) is 11.7 Å². The molecule has 0 radical (unpaired) electrons. The maximum absolute atomic E-state index is 12.2. The zero-order valence-corrected chi connectivity index (χ0v) is 10.4. The van der Waals surface area contributed by atoms with Gasteiger partial charge in [-0.15, -0.1) is 24.8 Å². The molecule has 0 aromatic heterocycles. The van der Waals surface area contributed by atoms with Crippen molar-refractivity contribution in [3.05, 3.63) is 29.8 Å². The Kier molecular flexibility index (Phi) is 4.45. The van der Waals surface area contributed by atoms with Crippen molar-refractivity contribution >= 4 is 17.5 Å². The predicted molar refractivity (Wildman–Crippen MR) is 60.4 cm³/mol. The fourth-order valence-corrected chi connectivity index (χ4v) is 1.64. The lowest BCUT2D eigenvalue weighted by Gasteiger charge is -2.18. The Bertz CT molecular complexity index is 435. The highest BCUT2D eigenvalue weighted by Crippen LogP contribution is 2.33. The van der Waals surface area contributed by atoms with Gasteiger partial charge in [0.2, 0.25) is 5.91 Å². The minimum absolute atomic E-state index is 0.0183. The molecule has 100 valence electrons. The van der Waals surface area contributed by atoms with Crippen molar-refractivity contribution in [3.63, 3.8) is 0 Å². The summed E-state index contributed by atoms with van der Waals surface area (Å²) in [6, 6.07) is 5.28. The third kappa shape index (κ3) is 3.80. The number of para-hydroxylation sites is 1. The minimum atomic E-state index is -4.83. The molecule has 1 amide bonds. The van der Waals surface area contributed by atoms with Gasteiger partial charge in [0.05, 0.1) is 0 Å². The normalized spacial score (nSPS) is 13.0. The van der Waals surface area contributed by atoms with Gasteiger partial charge in [0, 0.05) is 19.7 Å². The van der Waals surface area contributed by atoms with Gasteiger partial charge in [-0.05, 0) is 6.07 Å². The van der Waals surface area contributed by atoms with Crippen molar-refractivity contribution in [2.75, 3.05) is 14.1 Å². The number of rotatable bonds is 3. The molecule has 0 aliphatic heterocycles. The predicted octanol–water partition coefficient (Wildman–Crippen LogP) is 2.95. The molecule has 7 heteroatoms. The van der Waals surface area contributed by atoms with Gasteiger partial charge in [0.25, 0.3) is 0 Å². The summed E-state index contributed by atoms with van der Waals surface area (Å²) in [6.45, 7) is 0. The van der Waals surface area contributed by atoms with Crippen molar-refractivity contribution in [3.8, 4) is 5.75 Å². The van der Waals surface area contributed by atoms with Gasteiger partial charge in [-0.25, -0.2) is 0 Å². The number of likely N-dealkylation sites (N-methyl/N-ethyl adjacent to an activating group) is 1. The number of ether oxygens (including phenoxy) is 1. The molecule has 3 nitrogen and oxygen atoms in total. The summed E-state index contributed by atoms with van der Waals surface area (Å²) in [7, 11) is 2.93. The van der Waals surface area contributed by atoms with Crippen LogP contribution in [0.3, 0.4) is 0 Å². The van der Waals surface area contributed by atoms with E-state index in [-0.39, 0.29) is 5.56 Å². The molecule has 1 aromatic carbocycles. The summed E-state index contributed by atoms with van der Waals surface area (Å²) in [5.74, 6) is -0.991. The average Bonchev–Trinajstić information content (AvgIpc) is 2.25. The largest absolute Gasteiger partial charge is 0.573 e. The van der Waals surface area contributed by atoms with Crippen LogP contribution in [0, 0.1) is 0 Å². The molecule has 1 rings (SSSR count). The van der Waals surface area contributed by atoms with E-state index in [1.54, 1.807) is 0 Å². The number of hydrogen-bond donors (Lipinski definition) is 0. The number of carbonyl (C=O) groups excluding carboxylic acids is 1. The Morgan fingerprint density at radius 2 is 1.89 bits per heavy atom. The van der Waals surface area contributed by atoms with Crippen LogP contribution in [0.25, 0.3) is 0 Å². The molecule has 0 N–H and O–H groups in total. The summed E-state index contributed by atoms with van der Waals surface area (Å²) in [6.07, 6.45) is -4.83. The first kappa shape index (κ1) is 14.6. The molecular formula is C11H11ClF3NO2. The second-order valence-corrected chi connectivity index (χ2v) is 4.12. The van der Waals surface area contributed by atoms with Crippen molar-refractivity contribution in [1.29, 1.82) is 0 Å². The van der Waals surface area contributed by atoms with Crippen molar-refractivity contribution in [1.82, 2.24) is 4.90 Å². The third-order valence-corrected chi connectivity index (χ3v) is 2.50. The average molecular weight is 282 g/mol. The first-order chi connectivity index (χ1) is 8.22. The number of hydrogen-bond acceptors (Lipinski definition) is 2. The molecule has 0 saturated heterocycles. The molecule has 0 saturated carbocycles. The van der Waals surface area contributed by atoms with Gasteiger partial charge >= 0.3 is 6.36 Å². The van der Waals surface area contributed by atoms with Crippen LogP contribution in [0.5, 0.6) is 5.75 Å². The Balaban J connectivity index is 3.05. The number of alkyl halides is 4. The van der Waals surface area contributed by atoms with Crippen LogP contribution < -0.4 is 4.74 Å². The Hall–Kier alpha value is -1.43. The van der Waals surface area contributed by atoms with Gasteiger partial charge < -0.3 is 9.64 Å². The molecule has 0 aliphatic carbocycles.